The van der Waals surface area contributed by atoms with E-state index in [2.05, 4.69) is 0 Å². The van der Waals surface area contributed by atoms with Gasteiger partial charge in [-0.1, -0.05) is 0 Å². The molecule has 6 heteroatoms. The molecule has 1 unspecified atom stereocenters. The van der Waals surface area contributed by atoms with Crippen LogP contribution in [0.5, 0.6) is 0 Å². The zero-order valence-electron chi connectivity index (χ0n) is 7.69. The van der Waals surface area contributed by atoms with Crippen molar-refractivity contribution in [1.82, 2.24) is 0 Å². The lowest BCUT2D eigenvalue weighted by atomic mass is 10.2. The fourth-order valence-corrected chi connectivity index (χ4v) is 0.874. The first-order valence-corrected chi connectivity index (χ1v) is 3.76. The van der Waals surface area contributed by atoms with Crippen molar-refractivity contribution in [3.8, 4) is 0 Å². The summed E-state index contributed by atoms with van der Waals surface area (Å²) in [6.07, 6.45) is -1.61. The van der Waals surface area contributed by atoms with Crippen LogP contribution in [0.3, 0.4) is 0 Å². The van der Waals surface area contributed by atoms with Gasteiger partial charge in [-0.15, -0.1) is 0 Å². The van der Waals surface area contributed by atoms with E-state index in [9.17, 15) is 14.7 Å². The van der Waals surface area contributed by atoms with Crippen molar-refractivity contribution < 1.29 is 24.3 Å². The lowest BCUT2D eigenvalue weighted by Gasteiger charge is -2.26. The predicted molar refractivity (Wildman–Crippen MR) is 42.2 cm³/mol. The maximum atomic E-state index is 10.8. The average molecular weight is 190 g/mol. The Morgan fingerprint density at radius 2 is 2.00 bits per heavy atom. The Kier molecular flexibility index (Phi) is 3.83. The second-order valence-corrected chi connectivity index (χ2v) is 3.44. The number of urea groups is 1. The summed E-state index contributed by atoms with van der Waals surface area (Å²) in [4.78, 5) is 20.8. The topological polar surface area (TPSA) is 103 Å². The molecule has 13 heavy (non-hydrogen) atoms. The van der Waals surface area contributed by atoms with Gasteiger partial charge in [0.25, 0.3) is 0 Å². The van der Waals surface area contributed by atoms with Crippen molar-refractivity contribution in [2.45, 2.75) is 12.5 Å². The van der Waals surface area contributed by atoms with Crippen molar-refractivity contribution in [3.05, 3.63) is 0 Å². The van der Waals surface area contributed by atoms with Gasteiger partial charge in [-0.2, -0.15) is 0 Å². The molecule has 0 aliphatic rings. The van der Waals surface area contributed by atoms with Gasteiger partial charge in [0.1, 0.15) is 12.6 Å². The van der Waals surface area contributed by atoms with E-state index in [0.29, 0.717) is 0 Å². The first kappa shape index (κ1) is 11.9. The van der Waals surface area contributed by atoms with Crippen LogP contribution in [0.2, 0.25) is 0 Å². The maximum Gasteiger partial charge on any atom is 0.413 e. The Labute approximate surface area is 76.2 Å². The highest BCUT2D eigenvalue weighted by molar-refractivity contribution is 5.65. The molecule has 0 aromatic heterocycles. The van der Waals surface area contributed by atoms with Crippen molar-refractivity contribution >= 4 is 12.0 Å². The lowest BCUT2D eigenvalue weighted by molar-refractivity contribution is -0.811. The highest BCUT2D eigenvalue weighted by Crippen LogP contribution is 2.01. The molecule has 3 N–H and O–H groups in total. The molecule has 0 aromatic carbocycles. The highest BCUT2D eigenvalue weighted by Gasteiger charge is 2.26. The highest BCUT2D eigenvalue weighted by atomic mass is 16.4. The molecule has 0 fully saturated rings. The molecule has 0 radical (unpaired) electrons. The molecule has 2 amide bonds. The third kappa shape index (κ3) is 4.44. The summed E-state index contributed by atoms with van der Waals surface area (Å²) in [6, 6.07) is -0.627. The number of aliphatic hydroxyl groups excluding tert-OH is 1. The van der Waals surface area contributed by atoms with Crippen LogP contribution in [0.4, 0.5) is 4.79 Å². The Morgan fingerprint density at radius 3 is 2.31 bits per heavy atom. The molecule has 0 aliphatic carbocycles. The Balaban J connectivity index is 4.11. The van der Waals surface area contributed by atoms with Gasteiger partial charge in [0.15, 0.2) is 0 Å². The predicted octanol–water partition coefficient (Wildman–Crippen LogP) is -2.36. The zero-order valence-corrected chi connectivity index (χ0v) is 7.69. The standard InChI is InChI=1S/C7H14N2O4/c1-9(2,7(8)13)4-5(10)3-6(11)12/h5,10H,3-4H2,1-2H3,(H2-,8,11,12,13). The number of primary amides is 1. The van der Waals surface area contributed by atoms with E-state index in [4.69, 9.17) is 10.8 Å². The third-order valence-electron chi connectivity index (χ3n) is 1.67. The van der Waals surface area contributed by atoms with Crippen LogP contribution in [0.25, 0.3) is 0 Å². The fourth-order valence-electron chi connectivity index (χ4n) is 0.874. The van der Waals surface area contributed by atoms with E-state index in [1.807, 2.05) is 0 Å². The average Bonchev–Trinajstić information content (AvgIpc) is 1.82. The van der Waals surface area contributed by atoms with Crippen LogP contribution in [-0.4, -0.2) is 48.3 Å². The van der Waals surface area contributed by atoms with Gasteiger partial charge in [0, 0.05) is 12.4 Å². The molecule has 0 heterocycles. The minimum Gasteiger partial charge on any atom is -0.550 e. The monoisotopic (exact) mass is 190 g/mol. The van der Waals surface area contributed by atoms with Crippen molar-refractivity contribution in [1.29, 1.82) is 0 Å². The summed E-state index contributed by atoms with van der Waals surface area (Å²) in [6.45, 7) is -0.0384. The smallest absolute Gasteiger partial charge is 0.413 e. The number of carboxylic acid groups (broad SMARTS) is 1. The van der Waals surface area contributed by atoms with Crippen LogP contribution in [0, 0.1) is 0 Å². The molecule has 1 atom stereocenters. The summed E-state index contributed by atoms with van der Waals surface area (Å²) >= 11 is 0. The number of nitrogens with zero attached hydrogens (tertiary/aromatic N) is 1. The van der Waals surface area contributed by atoms with Crippen LogP contribution in [0.15, 0.2) is 0 Å². The first-order valence-electron chi connectivity index (χ1n) is 3.76. The minimum absolute atomic E-state index is 0.0384. The Bertz CT molecular complexity index is 215. The number of aliphatic hydroxyl groups is 1. The van der Waals surface area contributed by atoms with Crippen LogP contribution >= 0.6 is 0 Å². The molecule has 0 aromatic rings. The van der Waals surface area contributed by atoms with E-state index in [1.54, 1.807) is 0 Å². The van der Waals surface area contributed by atoms with Gasteiger partial charge in [-0.05, 0) is 0 Å². The lowest BCUT2D eigenvalue weighted by Crippen LogP contribution is -2.53. The van der Waals surface area contributed by atoms with E-state index >= 15 is 0 Å². The molecule has 76 valence electrons. The number of quaternary nitrogens is 1. The SMILES string of the molecule is C[N+](C)(CC(O)CC(=O)[O-])C(N)=O. The number of likely N-dealkylation sites (N-methyl/N-ethyl adjacent to an activating group) is 1. The zero-order chi connectivity index (χ0) is 10.6. The van der Waals surface area contributed by atoms with E-state index in [0.717, 1.165) is 0 Å². The first-order chi connectivity index (χ1) is 5.75. The number of hydrogen-bond donors (Lipinski definition) is 2. The van der Waals surface area contributed by atoms with Gasteiger partial charge in [-0.3, -0.25) is 0 Å². The Hall–Kier alpha value is -1.14. The minimum atomic E-state index is -1.35. The van der Waals surface area contributed by atoms with Gasteiger partial charge < -0.3 is 20.7 Å². The molecular formula is C7H14N2O4. The molecule has 0 saturated heterocycles. The largest absolute Gasteiger partial charge is 0.550 e. The van der Waals surface area contributed by atoms with Crippen molar-refractivity contribution in [2.24, 2.45) is 5.73 Å². The summed E-state index contributed by atoms with van der Waals surface area (Å²) in [5.74, 6) is -1.35. The molecular weight excluding hydrogens is 176 g/mol. The Morgan fingerprint density at radius 1 is 1.54 bits per heavy atom. The quantitative estimate of drug-likeness (QED) is 0.484. The molecule has 6 nitrogen and oxygen atoms in total. The number of aliphatic carboxylic acids is 1. The van der Waals surface area contributed by atoms with E-state index in [-0.39, 0.29) is 11.0 Å². The van der Waals surface area contributed by atoms with Crippen molar-refractivity contribution in [3.63, 3.8) is 0 Å². The number of nitrogens with two attached hydrogens (primary N) is 1. The third-order valence-corrected chi connectivity index (χ3v) is 1.67. The van der Waals surface area contributed by atoms with Gasteiger partial charge in [0.2, 0.25) is 0 Å². The number of carbonyl (C=O) groups excluding carboxylic acids is 2. The second kappa shape index (κ2) is 4.20. The van der Waals surface area contributed by atoms with Crippen LogP contribution in [0.1, 0.15) is 6.42 Å². The number of rotatable bonds is 4. The summed E-state index contributed by atoms with van der Waals surface area (Å²) in [7, 11) is 2.97. The summed E-state index contributed by atoms with van der Waals surface area (Å²) < 4.78 is -0.256. The molecule has 0 aliphatic heterocycles. The maximum absolute atomic E-state index is 10.8. The number of carbonyl (C=O) groups is 2. The normalized spacial score (nSPS) is 13.8. The number of hydrogen-bond acceptors (Lipinski definition) is 4. The van der Waals surface area contributed by atoms with E-state index in [1.165, 1.54) is 14.1 Å². The van der Waals surface area contributed by atoms with Crippen molar-refractivity contribution in [2.75, 3.05) is 20.6 Å². The molecule has 0 spiro atoms. The molecule has 0 saturated carbocycles. The van der Waals surface area contributed by atoms with E-state index < -0.39 is 24.5 Å². The van der Waals surface area contributed by atoms with Gasteiger partial charge in [-0.25, -0.2) is 9.28 Å². The van der Waals surface area contributed by atoms with Crippen LogP contribution in [-0.2, 0) is 4.79 Å². The molecule has 0 bridgehead atoms. The molecule has 0 rings (SSSR count). The summed E-state index contributed by atoms with van der Waals surface area (Å²) in [5, 5.41) is 19.2. The van der Waals surface area contributed by atoms with Crippen LogP contribution < -0.4 is 10.8 Å². The number of carboxylic acids is 1. The second-order valence-electron chi connectivity index (χ2n) is 3.44. The number of amides is 2. The fraction of sp³-hybridized carbons (Fsp3) is 0.714. The summed E-state index contributed by atoms with van der Waals surface area (Å²) in [5.41, 5.74) is 5.01. The van der Waals surface area contributed by atoms with Gasteiger partial charge in [0.05, 0.1) is 14.1 Å². The van der Waals surface area contributed by atoms with Gasteiger partial charge >= 0.3 is 6.03 Å².